The van der Waals surface area contributed by atoms with Crippen molar-refractivity contribution in [2.75, 3.05) is 10.2 Å². The summed E-state index contributed by atoms with van der Waals surface area (Å²) >= 11 is 0. The minimum atomic E-state index is -0.621. The lowest BCUT2D eigenvalue weighted by Gasteiger charge is -2.34. The van der Waals surface area contributed by atoms with Crippen molar-refractivity contribution < 1.29 is 39.5 Å². The molecular formula is C42H56N6O8. The van der Waals surface area contributed by atoms with Crippen molar-refractivity contribution in [2.45, 2.75) is 137 Å². The number of aliphatic hydroxyl groups excluding tert-OH is 1. The Morgan fingerprint density at radius 3 is 1.89 bits per heavy atom. The number of likely N-dealkylation sites (tertiary alicyclic amines) is 1. The maximum Gasteiger partial charge on any atom is 0.246 e. The van der Waals surface area contributed by atoms with Gasteiger partial charge in [0.05, 0.1) is 22.5 Å². The molecule has 1 aromatic carbocycles. The van der Waals surface area contributed by atoms with Crippen LogP contribution in [0.5, 0.6) is 0 Å². The number of Topliss-reactive ketones (excluding diaryl/α,β-unsaturated/α-hetero) is 1. The second kappa shape index (κ2) is 15.8. The standard InChI is InChI=1S/C42H56N6O8/c1-21(2)47-23(5)41(7,8)27-17-25(29(19-31(27)47)43-33(49)13-11-15-35(51)45-55)37-39(53)38(40(37)54)26-18-28-32(48(22(3)4)24(6)42(28,9)10)20-30(26)44-34(50)14-12-16-36(52)46-56/h17-24,53,55-56H,11-16H2,1-10H3,(H,43,49)(H,45,51)(H,46,52)/b38-26-,44-30?. The van der Waals surface area contributed by atoms with Gasteiger partial charge in [-0.2, -0.15) is 0 Å². The Balaban J connectivity index is 1.67. The molecule has 0 spiro atoms. The van der Waals surface area contributed by atoms with Crippen LogP contribution in [0.25, 0.3) is 5.57 Å². The number of carbonyl (C=O) groups excluding carboxylic acids is 5. The van der Waals surface area contributed by atoms with Crippen molar-refractivity contribution in [1.82, 2.24) is 15.9 Å². The zero-order valence-electron chi connectivity index (χ0n) is 34.1. The van der Waals surface area contributed by atoms with Crippen molar-refractivity contribution in [1.29, 1.82) is 0 Å². The van der Waals surface area contributed by atoms with Gasteiger partial charge < -0.3 is 20.2 Å². The average Bonchev–Trinajstić information content (AvgIpc) is 3.44. The molecule has 0 saturated carbocycles. The zero-order chi connectivity index (χ0) is 41.6. The Hall–Kier alpha value is -5.08. The molecule has 14 heteroatoms. The van der Waals surface area contributed by atoms with Gasteiger partial charge in [-0.1, -0.05) is 27.7 Å². The number of anilines is 2. The molecule has 1 fully saturated rings. The van der Waals surface area contributed by atoms with E-state index in [2.05, 4.69) is 89.3 Å². The molecule has 2 heterocycles. The highest BCUT2D eigenvalue weighted by Gasteiger charge is 2.49. The number of rotatable bonds is 12. The smallest absolute Gasteiger partial charge is 0.246 e. The van der Waals surface area contributed by atoms with Crippen LogP contribution in [0.3, 0.4) is 0 Å². The van der Waals surface area contributed by atoms with E-state index in [1.54, 1.807) is 17.0 Å². The SMILES string of the molecule is CC(C)N1C2=CC(=NC(=O)CCCC(=O)NO)/C(=C3\C(=O)C(c4cc5c(cc4NC(=O)CCCC(=O)NO)N(C(C)C)C(C)C5(C)C)=C3O)C=C2C(C)(C)C1C. The molecule has 2 atom stereocenters. The number of aliphatic hydroxyl groups is 1. The van der Waals surface area contributed by atoms with E-state index in [-0.39, 0.29) is 96.1 Å². The molecule has 6 N–H and O–H groups in total. The maximum atomic E-state index is 14.6. The van der Waals surface area contributed by atoms with Gasteiger partial charge in [-0.3, -0.25) is 34.4 Å². The first-order valence-electron chi connectivity index (χ1n) is 19.4. The summed E-state index contributed by atoms with van der Waals surface area (Å²) in [4.78, 5) is 73.2. The second-order valence-corrected chi connectivity index (χ2v) is 16.9. The van der Waals surface area contributed by atoms with Gasteiger partial charge in [0.1, 0.15) is 5.76 Å². The minimum absolute atomic E-state index is 0.00434. The summed E-state index contributed by atoms with van der Waals surface area (Å²) in [5.74, 6) is -2.93. The summed E-state index contributed by atoms with van der Waals surface area (Å²) in [6, 6.07) is 4.06. The van der Waals surface area contributed by atoms with E-state index in [1.807, 2.05) is 18.2 Å². The van der Waals surface area contributed by atoms with Crippen molar-refractivity contribution in [3.63, 3.8) is 0 Å². The fourth-order valence-electron chi connectivity index (χ4n) is 8.47. The van der Waals surface area contributed by atoms with Gasteiger partial charge in [0, 0.05) is 83.2 Å². The van der Waals surface area contributed by atoms with E-state index in [4.69, 9.17) is 10.4 Å². The summed E-state index contributed by atoms with van der Waals surface area (Å²) in [6.45, 7) is 21.1. The third-order valence-electron chi connectivity index (χ3n) is 12.1. The lowest BCUT2D eigenvalue weighted by atomic mass is 9.73. The number of nitrogens with one attached hydrogen (secondary N) is 3. The molecule has 302 valence electrons. The Kier molecular flexibility index (Phi) is 11.9. The van der Waals surface area contributed by atoms with Gasteiger partial charge in [-0.15, -0.1) is 0 Å². The van der Waals surface area contributed by atoms with Crippen LogP contribution < -0.4 is 21.2 Å². The normalized spacial score (nSPS) is 22.9. The summed E-state index contributed by atoms with van der Waals surface area (Å²) in [7, 11) is 0. The number of amides is 4. The molecule has 4 amide bonds. The van der Waals surface area contributed by atoms with Crippen LogP contribution >= 0.6 is 0 Å². The van der Waals surface area contributed by atoms with Crippen LogP contribution in [0.1, 0.15) is 119 Å². The van der Waals surface area contributed by atoms with Crippen LogP contribution in [0.4, 0.5) is 11.4 Å². The van der Waals surface area contributed by atoms with Gasteiger partial charge in [-0.05, 0) is 89.8 Å². The van der Waals surface area contributed by atoms with Gasteiger partial charge in [0.2, 0.25) is 29.4 Å². The number of ketones is 1. The predicted molar refractivity (Wildman–Crippen MR) is 213 cm³/mol. The number of allylic oxidation sites excluding steroid dienone is 6. The number of nitrogens with zero attached hydrogens (tertiary/aromatic N) is 3. The number of hydrogen-bond donors (Lipinski definition) is 6. The Bertz CT molecular complexity index is 2020. The molecule has 2 aliphatic heterocycles. The zero-order valence-corrected chi connectivity index (χ0v) is 34.1. The molecular weight excluding hydrogens is 716 g/mol. The summed E-state index contributed by atoms with van der Waals surface area (Å²) in [5, 5.41) is 32.7. The first-order chi connectivity index (χ1) is 26.2. The molecule has 1 saturated heterocycles. The van der Waals surface area contributed by atoms with Crippen LogP contribution in [0.15, 0.2) is 57.5 Å². The molecule has 1 aromatic rings. The molecule has 56 heavy (non-hydrogen) atoms. The quantitative estimate of drug-likeness (QED) is 0.0838. The number of aliphatic imine (C=N–C) groups is 1. The minimum Gasteiger partial charge on any atom is -0.506 e. The second-order valence-electron chi connectivity index (χ2n) is 16.9. The number of hydroxylamine groups is 2. The van der Waals surface area contributed by atoms with Gasteiger partial charge >= 0.3 is 0 Å². The number of carbonyl (C=O) groups is 5. The molecule has 5 rings (SSSR count). The molecule has 0 bridgehead atoms. The summed E-state index contributed by atoms with van der Waals surface area (Å²) < 4.78 is 0. The Labute approximate surface area is 328 Å². The first-order valence-corrected chi connectivity index (χ1v) is 19.4. The van der Waals surface area contributed by atoms with Crippen LogP contribution in [-0.4, -0.2) is 79.7 Å². The number of hydrogen-bond acceptors (Lipinski definition) is 10. The highest BCUT2D eigenvalue weighted by atomic mass is 16.5. The molecule has 4 aliphatic rings. The first kappa shape index (κ1) is 42.1. The lowest BCUT2D eigenvalue weighted by molar-refractivity contribution is -0.130. The third kappa shape index (κ3) is 7.43. The van der Waals surface area contributed by atoms with Crippen molar-refractivity contribution in [3.05, 3.63) is 63.6 Å². The van der Waals surface area contributed by atoms with Crippen LogP contribution in [0.2, 0.25) is 0 Å². The average molecular weight is 773 g/mol. The number of fused-ring (bicyclic) bond motifs is 2. The topological polar surface area (TPSA) is 201 Å². The van der Waals surface area contributed by atoms with E-state index in [9.17, 15) is 29.1 Å². The van der Waals surface area contributed by atoms with E-state index in [1.165, 1.54) is 0 Å². The van der Waals surface area contributed by atoms with Crippen molar-refractivity contribution in [2.24, 2.45) is 10.4 Å². The van der Waals surface area contributed by atoms with Crippen LogP contribution in [0, 0.1) is 5.41 Å². The number of benzene rings is 1. The highest BCUT2D eigenvalue weighted by Crippen LogP contribution is 2.53. The molecule has 0 radical (unpaired) electrons. The fourth-order valence-corrected chi connectivity index (χ4v) is 8.47. The molecule has 0 aromatic heterocycles. The summed E-state index contributed by atoms with van der Waals surface area (Å²) in [6.07, 6.45) is 3.71. The molecule has 2 unspecified atom stereocenters. The maximum absolute atomic E-state index is 14.6. The third-order valence-corrected chi connectivity index (χ3v) is 12.1. The van der Waals surface area contributed by atoms with Crippen LogP contribution in [-0.2, 0) is 29.4 Å². The van der Waals surface area contributed by atoms with Gasteiger partial charge in [0.15, 0.2) is 0 Å². The Morgan fingerprint density at radius 1 is 0.786 bits per heavy atom. The molecule has 14 nitrogen and oxygen atoms in total. The Morgan fingerprint density at radius 2 is 1.34 bits per heavy atom. The largest absolute Gasteiger partial charge is 0.506 e. The van der Waals surface area contributed by atoms with Gasteiger partial charge in [0.25, 0.3) is 0 Å². The lowest BCUT2D eigenvalue weighted by Crippen LogP contribution is -2.42. The van der Waals surface area contributed by atoms with E-state index in [0.717, 1.165) is 22.5 Å². The van der Waals surface area contributed by atoms with E-state index >= 15 is 0 Å². The monoisotopic (exact) mass is 772 g/mol. The van der Waals surface area contributed by atoms with E-state index in [0.29, 0.717) is 16.8 Å². The predicted octanol–water partition coefficient (Wildman–Crippen LogP) is 5.95. The highest BCUT2D eigenvalue weighted by molar-refractivity contribution is 6.42. The fraction of sp³-hybridized carbons (Fsp3) is 0.524. The van der Waals surface area contributed by atoms with Gasteiger partial charge in [-0.25, -0.2) is 16.0 Å². The van der Waals surface area contributed by atoms with E-state index < -0.39 is 29.4 Å². The summed E-state index contributed by atoms with van der Waals surface area (Å²) in [5.41, 5.74) is 7.26. The molecule has 2 aliphatic carbocycles. The van der Waals surface area contributed by atoms with Crippen molar-refractivity contribution in [3.8, 4) is 0 Å². The van der Waals surface area contributed by atoms with Crippen molar-refractivity contribution >= 4 is 52.1 Å².